The maximum Gasteiger partial charge on any atom is 0.153 e. The SMILES string of the molecule is CC(C)(CO)Nc1ncc(Br)cc1C=O. The average molecular weight is 273 g/mol. The number of aldehydes is 1. The van der Waals surface area contributed by atoms with Gasteiger partial charge in [-0.3, -0.25) is 4.79 Å². The number of nitrogens with zero attached hydrogens (tertiary/aromatic N) is 1. The first-order valence-corrected chi connectivity index (χ1v) is 5.27. The molecule has 4 nitrogen and oxygen atoms in total. The number of anilines is 1. The number of carbonyl (C=O) groups excluding carboxylic acids is 1. The summed E-state index contributed by atoms with van der Waals surface area (Å²) in [4.78, 5) is 14.9. The Hall–Kier alpha value is -0.940. The lowest BCUT2D eigenvalue weighted by atomic mass is 10.1. The van der Waals surface area contributed by atoms with Crippen molar-refractivity contribution in [1.29, 1.82) is 0 Å². The normalized spacial score (nSPS) is 11.2. The fourth-order valence-corrected chi connectivity index (χ4v) is 1.36. The highest BCUT2D eigenvalue weighted by Gasteiger charge is 2.18. The predicted molar refractivity (Wildman–Crippen MR) is 62.1 cm³/mol. The van der Waals surface area contributed by atoms with E-state index in [-0.39, 0.29) is 6.61 Å². The van der Waals surface area contributed by atoms with Gasteiger partial charge < -0.3 is 10.4 Å². The van der Waals surface area contributed by atoms with E-state index in [1.165, 1.54) is 0 Å². The van der Waals surface area contributed by atoms with Crippen molar-refractivity contribution in [2.24, 2.45) is 0 Å². The second-order valence-corrected chi connectivity index (χ2v) is 4.79. The van der Waals surface area contributed by atoms with Crippen molar-refractivity contribution in [3.05, 3.63) is 22.3 Å². The van der Waals surface area contributed by atoms with Gasteiger partial charge in [0.25, 0.3) is 0 Å². The molecule has 0 saturated carbocycles. The van der Waals surface area contributed by atoms with Gasteiger partial charge in [-0.2, -0.15) is 0 Å². The van der Waals surface area contributed by atoms with Crippen molar-refractivity contribution in [3.63, 3.8) is 0 Å². The molecular formula is C10H13BrN2O2. The summed E-state index contributed by atoms with van der Waals surface area (Å²) in [6, 6.07) is 1.68. The van der Waals surface area contributed by atoms with E-state index >= 15 is 0 Å². The fraction of sp³-hybridized carbons (Fsp3) is 0.400. The van der Waals surface area contributed by atoms with Gasteiger partial charge in [0.05, 0.1) is 17.7 Å². The highest BCUT2D eigenvalue weighted by molar-refractivity contribution is 9.10. The zero-order valence-corrected chi connectivity index (χ0v) is 10.2. The van der Waals surface area contributed by atoms with E-state index in [0.717, 1.165) is 10.8 Å². The van der Waals surface area contributed by atoms with Gasteiger partial charge in [-0.1, -0.05) is 0 Å². The van der Waals surface area contributed by atoms with Gasteiger partial charge in [-0.05, 0) is 35.8 Å². The third-order valence-corrected chi connectivity index (χ3v) is 2.30. The van der Waals surface area contributed by atoms with Crippen LogP contribution in [-0.2, 0) is 0 Å². The standard InChI is InChI=1S/C10H13BrN2O2/c1-10(2,6-15)13-9-7(5-14)3-8(11)4-12-9/h3-5,15H,6H2,1-2H3,(H,12,13). The Labute approximate surface area is 96.8 Å². The van der Waals surface area contributed by atoms with Crippen LogP contribution in [0.3, 0.4) is 0 Å². The summed E-state index contributed by atoms with van der Waals surface area (Å²) in [5.74, 6) is 0.479. The molecule has 0 radical (unpaired) electrons. The maximum atomic E-state index is 10.8. The van der Waals surface area contributed by atoms with Gasteiger partial charge in [0.15, 0.2) is 6.29 Å². The molecule has 5 heteroatoms. The number of hydrogen-bond acceptors (Lipinski definition) is 4. The molecule has 0 fully saturated rings. The van der Waals surface area contributed by atoms with E-state index in [1.807, 2.05) is 13.8 Å². The van der Waals surface area contributed by atoms with Crippen LogP contribution in [0.1, 0.15) is 24.2 Å². The third-order valence-electron chi connectivity index (χ3n) is 1.86. The molecule has 0 amide bonds. The first-order chi connectivity index (χ1) is 6.98. The largest absolute Gasteiger partial charge is 0.394 e. The number of nitrogens with one attached hydrogen (secondary N) is 1. The first-order valence-electron chi connectivity index (χ1n) is 4.48. The van der Waals surface area contributed by atoms with Crippen molar-refractivity contribution in [2.75, 3.05) is 11.9 Å². The number of carbonyl (C=O) groups is 1. The Kier molecular flexibility index (Phi) is 3.82. The Morgan fingerprint density at radius 2 is 2.33 bits per heavy atom. The minimum absolute atomic E-state index is 0.0386. The summed E-state index contributed by atoms with van der Waals surface area (Å²) in [6.07, 6.45) is 2.33. The van der Waals surface area contributed by atoms with Gasteiger partial charge in [-0.25, -0.2) is 4.98 Å². The van der Waals surface area contributed by atoms with Gasteiger partial charge in [-0.15, -0.1) is 0 Å². The number of aliphatic hydroxyl groups is 1. The lowest BCUT2D eigenvalue weighted by Gasteiger charge is -2.24. The van der Waals surface area contributed by atoms with E-state index in [0.29, 0.717) is 11.4 Å². The van der Waals surface area contributed by atoms with Crippen LogP contribution in [0.25, 0.3) is 0 Å². The molecule has 1 aromatic heterocycles. The van der Waals surface area contributed by atoms with Crippen molar-refractivity contribution in [3.8, 4) is 0 Å². The van der Waals surface area contributed by atoms with Crippen LogP contribution in [0.4, 0.5) is 5.82 Å². The molecule has 0 bridgehead atoms. The molecule has 0 saturated heterocycles. The van der Waals surface area contributed by atoms with Crippen molar-refractivity contribution >= 4 is 28.0 Å². The van der Waals surface area contributed by atoms with E-state index in [4.69, 9.17) is 5.11 Å². The number of hydrogen-bond donors (Lipinski definition) is 2. The topological polar surface area (TPSA) is 62.2 Å². The Morgan fingerprint density at radius 1 is 1.67 bits per heavy atom. The first kappa shape index (κ1) is 12.1. The van der Waals surface area contributed by atoms with Gasteiger partial charge in [0.1, 0.15) is 5.82 Å². The molecule has 0 unspecified atom stereocenters. The van der Waals surface area contributed by atoms with Crippen LogP contribution < -0.4 is 5.32 Å². The summed E-state index contributed by atoms with van der Waals surface area (Å²) in [5.41, 5.74) is -0.0376. The van der Waals surface area contributed by atoms with Gasteiger partial charge >= 0.3 is 0 Å². The summed E-state index contributed by atoms with van der Waals surface area (Å²) in [7, 11) is 0. The molecular weight excluding hydrogens is 260 g/mol. The van der Waals surface area contributed by atoms with Crippen LogP contribution in [-0.4, -0.2) is 28.5 Å². The summed E-state index contributed by atoms with van der Waals surface area (Å²) in [6.45, 7) is 3.61. The minimum Gasteiger partial charge on any atom is -0.394 e. The Balaban J connectivity index is 2.99. The highest BCUT2D eigenvalue weighted by atomic mass is 79.9. The van der Waals surface area contributed by atoms with Crippen LogP contribution in [0, 0.1) is 0 Å². The summed E-state index contributed by atoms with van der Waals surface area (Å²) >= 11 is 3.24. The predicted octanol–water partition coefficient (Wildman–Crippen LogP) is 1.84. The lowest BCUT2D eigenvalue weighted by Crippen LogP contribution is -2.35. The van der Waals surface area contributed by atoms with Gasteiger partial charge in [0.2, 0.25) is 0 Å². The second kappa shape index (κ2) is 4.72. The number of pyridine rings is 1. The Morgan fingerprint density at radius 3 is 2.87 bits per heavy atom. The molecule has 1 aromatic rings. The number of aliphatic hydroxyl groups excluding tert-OH is 1. The monoisotopic (exact) mass is 272 g/mol. The number of halogens is 1. The van der Waals surface area contributed by atoms with Gasteiger partial charge in [0, 0.05) is 10.7 Å². The third kappa shape index (κ3) is 3.28. The van der Waals surface area contributed by atoms with Crippen LogP contribution in [0.15, 0.2) is 16.7 Å². The van der Waals surface area contributed by atoms with Crippen molar-refractivity contribution < 1.29 is 9.90 Å². The van der Waals surface area contributed by atoms with Crippen molar-refractivity contribution in [1.82, 2.24) is 4.98 Å². The fourth-order valence-electron chi connectivity index (χ4n) is 1.01. The molecule has 15 heavy (non-hydrogen) atoms. The van der Waals surface area contributed by atoms with Crippen LogP contribution in [0.5, 0.6) is 0 Å². The smallest absolute Gasteiger partial charge is 0.153 e. The lowest BCUT2D eigenvalue weighted by molar-refractivity contribution is 0.112. The number of rotatable bonds is 4. The molecule has 0 aromatic carbocycles. The summed E-state index contributed by atoms with van der Waals surface area (Å²) in [5, 5.41) is 12.1. The maximum absolute atomic E-state index is 10.8. The molecule has 0 aliphatic carbocycles. The molecule has 82 valence electrons. The zero-order valence-electron chi connectivity index (χ0n) is 8.62. The van der Waals surface area contributed by atoms with E-state index < -0.39 is 5.54 Å². The molecule has 0 aliphatic rings. The summed E-state index contributed by atoms with van der Waals surface area (Å²) < 4.78 is 0.747. The number of aromatic nitrogens is 1. The molecule has 0 spiro atoms. The molecule has 1 rings (SSSR count). The average Bonchev–Trinajstić information content (AvgIpc) is 2.20. The minimum atomic E-state index is -0.501. The van der Waals surface area contributed by atoms with E-state index in [9.17, 15) is 4.79 Å². The van der Waals surface area contributed by atoms with Crippen LogP contribution in [0.2, 0.25) is 0 Å². The van der Waals surface area contributed by atoms with E-state index in [1.54, 1.807) is 12.3 Å². The molecule has 0 aliphatic heterocycles. The second-order valence-electron chi connectivity index (χ2n) is 3.88. The molecule has 2 N–H and O–H groups in total. The highest BCUT2D eigenvalue weighted by Crippen LogP contribution is 2.19. The van der Waals surface area contributed by atoms with Crippen LogP contribution >= 0.6 is 15.9 Å². The Bertz CT molecular complexity index is 366. The van der Waals surface area contributed by atoms with Crippen molar-refractivity contribution in [2.45, 2.75) is 19.4 Å². The molecule has 0 atom stereocenters. The molecule has 1 heterocycles. The van der Waals surface area contributed by atoms with E-state index in [2.05, 4.69) is 26.2 Å². The quantitative estimate of drug-likeness (QED) is 0.822. The zero-order chi connectivity index (χ0) is 11.5.